The van der Waals surface area contributed by atoms with E-state index >= 15 is 0 Å². The van der Waals surface area contributed by atoms with Crippen molar-refractivity contribution >= 4 is 62.2 Å². The smallest absolute Gasteiger partial charge is 0.451 e. The third-order valence-electron chi connectivity index (χ3n) is 5.25. The molecular weight excluding hydrogens is 687 g/mol. The minimum absolute atomic E-state index is 0.0219. The van der Waals surface area contributed by atoms with Gasteiger partial charge in [0.25, 0.3) is 5.56 Å². The monoisotopic (exact) mass is 705 g/mol. The van der Waals surface area contributed by atoms with Gasteiger partial charge in [0.1, 0.15) is 12.2 Å². The molecule has 0 radical (unpaired) electrons. The quantitative estimate of drug-likeness (QED) is 0.0846. The molecule has 0 aliphatic carbocycles. The van der Waals surface area contributed by atoms with Crippen LogP contribution >= 0.6 is 39.4 Å². The van der Waals surface area contributed by atoms with Crippen LogP contribution < -0.4 is 11.3 Å². The normalized spacial score (nSPS) is 24.1. The number of anilines is 1. The van der Waals surface area contributed by atoms with Gasteiger partial charge in [0.15, 0.2) is 23.5 Å². The van der Waals surface area contributed by atoms with Gasteiger partial charge in [-0.2, -0.15) is 8.62 Å². The van der Waals surface area contributed by atoms with Gasteiger partial charge in [-0.1, -0.05) is 15.9 Å². The summed E-state index contributed by atoms with van der Waals surface area (Å²) >= 11 is 3.19. The molecule has 3 aromatic rings. The van der Waals surface area contributed by atoms with E-state index in [1.807, 2.05) is 0 Å². The van der Waals surface area contributed by atoms with Gasteiger partial charge in [-0.05, 0) is 18.2 Å². The number of imidazole rings is 1. The van der Waals surface area contributed by atoms with Crippen LogP contribution in [0.3, 0.4) is 0 Å². The Morgan fingerprint density at radius 3 is 2.54 bits per heavy atom. The summed E-state index contributed by atoms with van der Waals surface area (Å²) in [5.41, 5.74) is 4.93. The Balaban J connectivity index is 1.60. The van der Waals surface area contributed by atoms with E-state index in [-0.39, 0.29) is 22.4 Å². The molecule has 1 fully saturated rings. The second-order valence-corrected chi connectivity index (χ2v) is 13.4. The van der Waals surface area contributed by atoms with Crippen LogP contribution in [0.1, 0.15) is 16.6 Å². The lowest BCUT2D eigenvalue weighted by Crippen LogP contribution is -2.37. The van der Waals surface area contributed by atoms with Crippen LogP contribution in [0, 0.1) is 0 Å². The number of ether oxygens (including phenoxy) is 2. The highest BCUT2D eigenvalue weighted by atomic mass is 79.9. The highest BCUT2D eigenvalue weighted by Gasteiger charge is 2.50. The lowest BCUT2D eigenvalue weighted by Gasteiger charge is -2.22. The van der Waals surface area contributed by atoms with Gasteiger partial charge in [-0.15, -0.1) is 0 Å². The van der Waals surface area contributed by atoms with Gasteiger partial charge in [0.2, 0.25) is 0 Å². The molecule has 4 rings (SSSR count). The van der Waals surface area contributed by atoms with Crippen LogP contribution in [0.15, 0.2) is 40.1 Å². The Labute approximate surface area is 235 Å². The minimum atomic E-state index is -5.81. The number of aromatic amines is 1. The van der Waals surface area contributed by atoms with Crippen LogP contribution in [-0.2, 0) is 36.3 Å². The van der Waals surface area contributed by atoms with Crippen molar-refractivity contribution in [3.8, 4) is 0 Å². The Morgan fingerprint density at radius 2 is 1.85 bits per heavy atom. The third-order valence-corrected chi connectivity index (χ3v) is 9.54. The molecule has 224 valence electrons. The van der Waals surface area contributed by atoms with Gasteiger partial charge >= 0.3 is 29.4 Å². The fourth-order valence-corrected chi connectivity index (χ4v) is 7.01. The number of aliphatic hydroxyl groups excluding tert-OH is 1. The van der Waals surface area contributed by atoms with Crippen LogP contribution in [0.5, 0.6) is 0 Å². The molecule has 2 aromatic heterocycles. The molecule has 1 aliphatic rings. The number of phosphoric ester groups is 1. The van der Waals surface area contributed by atoms with Gasteiger partial charge < -0.3 is 44.9 Å². The number of esters is 1. The van der Waals surface area contributed by atoms with E-state index in [0.717, 1.165) is 17.2 Å². The summed E-state index contributed by atoms with van der Waals surface area (Å²) in [4.78, 5) is 71.7. The predicted octanol–water partition coefficient (Wildman–Crippen LogP) is 0.291. The summed E-state index contributed by atoms with van der Waals surface area (Å²) in [7, 11) is -17.0. The molecule has 0 spiro atoms. The van der Waals surface area contributed by atoms with Crippen molar-refractivity contribution in [1.82, 2.24) is 19.5 Å². The van der Waals surface area contributed by atoms with E-state index in [1.54, 1.807) is 6.07 Å². The highest BCUT2D eigenvalue weighted by Crippen LogP contribution is 2.66. The molecule has 8 N–H and O–H groups in total. The Bertz CT molecular complexity index is 1680. The molecule has 41 heavy (non-hydrogen) atoms. The number of rotatable bonds is 10. The standard InChI is InChI=1S/C17H19BrN5O15P3/c18-7-1-2-9(19)8(3-7)17(26)36-13-12(24)10(4-34-40(30,31)38-41(32,33)37-39(27,28)29)35-16(13)23-6-22-11-14(23)20-5-21-15(11)25/h1-3,5-6,10,12-13,16,24H,4,19H2,(H,30,31)(H,32,33)(H,20,21,25)(H2,27,28,29). The second-order valence-electron chi connectivity index (χ2n) is 8.10. The van der Waals surface area contributed by atoms with Gasteiger partial charge in [0, 0.05) is 10.2 Å². The summed E-state index contributed by atoms with van der Waals surface area (Å²) in [5.74, 6) is -1.02. The molecule has 1 aliphatic heterocycles. The summed E-state index contributed by atoms with van der Waals surface area (Å²) < 4.78 is 59.1. The van der Waals surface area contributed by atoms with Crippen molar-refractivity contribution < 1.29 is 65.8 Å². The van der Waals surface area contributed by atoms with Crippen LogP contribution in [0.2, 0.25) is 0 Å². The maximum absolute atomic E-state index is 13.0. The van der Waals surface area contributed by atoms with Gasteiger partial charge in [-0.3, -0.25) is 13.9 Å². The number of nitrogens with one attached hydrogen (secondary N) is 1. The van der Waals surface area contributed by atoms with E-state index in [2.05, 4.69) is 44.0 Å². The fourth-order valence-electron chi connectivity index (χ4n) is 3.62. The first-order valence-corrected chi connectivity index (χ1v) is 16.1. The number of carbonyl (C=O) groups excluding carboxylic acids is 1. The SMILES string of the molecule is Nc1ccc(Br)cc1C(=O)OC1C(O)C(COP(=O)(O)OP(=O)(O)OP(=O)(O)O)OC1n1cnc2c(=O)[nH]cnc21. The highest BCUT2D eigenvalue weighted by molar-refractivity contribution is 9.10. The first-order valence-electron chi connectivity index (χ1n) is 10.7. The van der Waals surface area contributed by atoms with Crippen molar-refractivity contribution in [2.45, 2.75) is 24.5 Å². The zero-order chi connectivity index (χ0) is 30.3. The number of H-pyrrole nitrogens is 1. The molecular formula is C17H19BrN5O15P3. The number of nitrogen functional groups attached to an aromatic ring is 1. The number of benzene rings is 1. The summed E-state index contributed by atoms with van der Waals surface area (Å²) in [6, 6.07) is 4.31. The molecule has 0 amide bonds. The van der Waals surface area contributed by atoms with E-state index in [1.165, 1.54) is 12.1 Å². The summed E-state index contributed by atoms with van der Waals surface area (Å²) in [5, 5.41) is 11.0. The molecule has 1 aromatic carbocycles. The number of carbonyl (C=O) groups is 1. The van der Waals surface area contributed by atoms with E-state index < -0.39 is 66.1 Å². The van der Waals surface area contributed by atoms with Crippen molar-refractivity contribution in [2.24, 2.45) is 0 Å². The Kier molecular flexibility index (Phi) is 9.04. The van der Waals surface area contributed by atoms with Crippen LogP contribution in [-0.4, -0.2) is 75.1 Å². The van der Waals surface area contributed by atoms with Crippen molar-refractivity contribution in [3.63, 3.8) is 0 Å². The van der Waals surface area contributed by atoms with E-state index in [9.17, 15) is 38.2 Å². The van der Waals surface area contributed by atoms with Crippen LogP contribution in [0.4, 0.5) is 5.69 Å². The first kappa shape index (κ1) is 31.6. The number of nitrogens with zero attached hydrogens (tertiary/aromatic N) is 3. The van der Waals surface area contributed by atoms with Crippen molar-refractivity contribution in [2.75, 3.05) is 12.3 Å². The van der Waals surface area contributed by atoms with E-state index in [4.69, 9.17) is 25.0 Å². The number of aliphatic hydroxyl groups is 1. The Morgan fingerprint density at radius 1 is 1.15 bits per heavy atom. The van der Waals surface area contributed by atoms with E-state index in [0.29, 0.717) is 4.47 Å². The number of fused-ring (bicyclic) bond motifs is 1. The molecule has 6 unspecified atom stereocenters. The maximum Gasteiger partial charge on any atom is 0.490 e. The second kappa shape index (κ2) is 11.7. The molecule has 6 atom stereocenters. The number of hydrogen-bond acceptors (Lipinski definition) is 14. The average molecular weight is 706 g/mol. The van der Waals surface area contributed by atoms with Gasteiger partial charge in [0.05, 0.1) is 24.8 Å². The zero-order valence-electron chi connectivity index (χ0n) is 19.9. The van der Waals surface area contributed by atoms with Crippen molar-refractivity contribution in [3.05, 3.63) is 51.2 Å². The van der Waals surface area contributed by atoms with Crippen LogP contribution in [0.25, 0.3) is 11.2 Å². The average Bonchev–Trinajstić information content (AvgIpc) is 3.39. The topological polar surface area (TPSA) is 305 Å². The first-order chi connectivity index (χ1) is 19.0. The molecule has 3 heterocycles. The predicted molar refractivity (Wildman–Crippen MR) is 136 cm³/mol. The van der Waals surface area contributed by atoms with Crippen molar-refractivity contribution in [1.29, 1.82) is 0 Å². The lowest BCUT2D eigenvalue weighted by molar-refractivity contribution is -0.0557. The third kappa shape index (κ3) is 7.54. The Hall–Kier alpha value is -2.35. The largest absolute Gasteiger partial charge is 0.490 e. The zero-order valence-corrected chi connectivity index (χ0v) is 24.1. The lowest BCUT2D eigenvalue weighted by atomic mass is 10.1. The minimum Gasteiger partial charge on any atom is -0.451 e. The molecule has 0 bridgehead atoms. The number of hydrogen-bond donors (Lipinski definition) is 7. The molecule has 0 saturated carbocycles. The maximum atomic E-state index is 13.0. The number of phosphoric acid groups is 3. The summed E-state index contributed by atoms with van der Waals surface area (Å²) in [6.45, 7) is -1.07. The number of nitrogens with two attached hydrogens (primary N) is 1. The molecule has 20 nitrogen and oxygen atoms in total. The summed E-state index contributed by atoms with van der Waals surface area (Å²) in [6.07, 6.45) is -4.41. The number of aromatic nitrogens is 4. The van der Waals surface area contributed by atoms with Gasteiger partial charge in [-0.25, -0.2) is 28.5 Å². The molecule has 24 heteroatoms. The number of halogens is 1. The molecule has 1 saturated heterocycles. The fraction of sp³-hybridized carbons (Fsp3) is 0.294.